The second-order valence-electron chi connectivity index (χ2n) is 7.01. The molecule has 1 aromatic carbocycles. The summed E-state index contributed by atoms with van der Waals surface area (Å²) in [5, 5.41) is 4.12. The van der Waals surface area contributed by atoms with E-state index in [1.165, 1.54) is 12.7 Å². The fourth-order valence-electron chi connectivity index (χ4n) is 3.34. The molecule has 1 atom stereocenters. The number of nitrogens with zero attached hydrogens (tertiary/aromatic N) is 3. The molecule has 1 heterocycles. The van der Waals surface area contributed by atoms with Gasteiger partial charge in [0.15, 0.2) is 5.96 Å². The molecule has 1 aromatic rings. The normalized spacial score (nSPS) is 17.1. The minimum absolute atomic E-state index is 0.00211. The molecule has 7 heteroatoms. The zero-order valence-electron chi connectivity index (χ0n) is 16.7. The first-order chi connectivity index (χ1) is 13.0. The van der Waals surface area contributed by atoms with Crippen LogP contribution in [0.3, 0.4) is 0 Å². The van der Waals surface area contributed by atoms with Crippen LogP contribution in [0.4, 0.5) is 0 Å². The van der Waals surface area contributed by atoms with Gasteiger partial charge in [0.25, 0.3) is 0 Å². The fourth-order valence-corrected chi connectivity index (χ4v) is 3.47. The minimum Gasteiger partial charge on any atom is -0.469 e. The Morgan fingerprint density at radius 3 is 2.48 bits per heavy atom. The van der Waals surface area contributed by atoms with E-state index >= 15 is 0 Å². The van der Waals surface area contributed by atoms with Gasteiger partial charge in [-0.2, -0.15) is 0 Å². The smallest absolute Gasteiger partial charge is 0.308 e. The summed E-state index contributed by atoms with van der Waals surface area (Å²) in [4.78, 5) is 21.0. The number of hydrogen-bond acceptors (Lipinski definition) is 4. The van der Waals surface area contributed by atoms with Crippen molar-refractivity contribution in [1.82, 2.24) is 15.1 Å². The second kappa shape index (κ2) is 10.5. The average Bonchev–Trinajstić information content (AvgIpc) is 2.68. The van der Waals surface area contributed by atoms with Crippen molar-refractivity contribution < 1.29 is 9.53 Å². The topological polar surface area (TPSA) is 57.2 Å². The maximum absolute atomic E-state index is 11.7. The number of benzene rings is 1. The third-order valence-corrected chi connectivity index (χ3v) is 5.21. The van der Waals surface area contributed by atoms with Gasteiger partial charge >= 0.3 is 5.97 Å². The monoisotopic (exact) mass is 394 g/mol. The van der Waals surface area contributed by atoms with Crippen molar-refractivity contribution in [3.05, 3.63) is 34.9 Å². The number of hydrogen-bond donors (Lipinski definition) is 1. The molecule has 0 saturated carbocycles. The molecule has 0 aliphatic carbocycles. The maximum atomic E-state index is 11.7. The highest BCUT2D eigenvalue weighted by molar-refractivity contribution is 6.30. The highest BCUT2D eigenvalue weighted by Crippen LogP contribution is 2.22. The summed E-state index contributed by atoms with van der Waals surface area (Å²) in [6, 6.07) is 8.11. The predicted octanol–water partition coefficient (Wildman–Crippen LogP) is 2.79. The van der Waals surface area contributed by atoms with Crippen molar-refractivity contribution in [2.24, 2.45) is 10.9 Å². The van der Waals surface area contributed by atoms with Gasteiger partial charge in [-0.3, -0.25) is 9.79 Å². The molecule has 0 spiro atoms. The number of piperidine rings is 1. The van der Waals surface area contributed by atoms with Crippen LogP contribution >= 0.6 is 11.6 Å². The third-order valence-electron chi connectivity index (χ3n) is 4.96. The van der Waals surface area contributed by atoms with Crippen LogP contribution in [-0.2, 0) is 9.53 Å². The van der Waals surface area contributed by atoms with Gasteiger partial charge in [-0.15, -0.1) is 0 Å². The maximum Gasteiger partial charge on any atom is 0.308 e. The predicted molar refractivity (Wildman–Crippen MR) is 110 cm³/mol. The Kier molecular flexibility index (Phi) is 8.38. The van der Waals surface area contributed by atoms with E-state index in [4.69, 9.17) is 21.3 Å². The molecule has 1 fully saturated rings. The van der Waals surface area contributed by atoms with Gasteiger partial charge in [-0.25, -0.2) is 0 Å². The molecule has 0 amide bonds. The van der Waals surface area contributed by atoms with Crippen LogP contribution in [0.15, 0.2) is 29.3 Å². The highest BCUT2D eigenvalue weighted by atomic mass is 35.5. The van der Waals surface area contributed by atoms with Crippen molar-refractivity contribution in [1.29, 1.82) is 0 Å². The van der Waals surface area contributed by atoms with E-state index in [1.807, 2.05) is 12.1 Å². The quantitative estimate of drug-likeness (QED) is 0.456. The number of rotatable bonds is 6. The van der Waals surface area contributed by atoms with Crippen LogP contribution in [0.5, 0.6) is 0 Å². The summed E-state index contributed by atoms with van der Waals surface area (Å²) >= 11 is 6.02. The standard InChI is InChI=1S/C20H31ClN4O2/c1-5-22-20(25-12-10-16(11-13-25)19(26)27-4)23-14-18(24(2)3)15-6-8-17(21)9-7-15/h6-9,16,18H,5,10-14H2,1-4H3,(H,22,23). The lowest BCUT2D eigenvalue weighted by atomic mass is 9.97. The third kappa shape index (κ3) is 6.11. The van der Waals surface area contributed by atoms with E-state index < -0.39 is 0 Å². The van der Waals surface area contributed by atoms with Crippen molar-refractivity contribution >= 4 is 23.5 Å². The lowest BCUT2D eigenvalue weighted by Gasteiger charge is -2.33. The van der Waals surface area contributed by atoms with Crippen molar-refractivity contribution in [3.63, 3.8) is 0 Å². The van der Waals surface area contributed by atoms with Gasteiger partial charge in [0, 0.05) is 24.7 Å². The van der Waals surface area contributed by atoms with E-state index in [-0.39, 0.29) is 17.9 Å². The lowest BCUT2D eigenvalue weighted by molar-refractivity contribution is -0.146. The number of likely N-dealkylation sites (tertiary alicyclic amines) is 1. The SMILES string of the molecule is CCNC(=NCC(c1ccc(Cl)cc1)N(C)C)N1CCC(C(=O)OC)CC1. The van der Waals surface area contributed by atoms with E-state index in [9.17, 15) is 4.79 Å². The van der Waals surface area contributed by atoms with Crippen molar-refractivity contribution in [2.75, 3.05) is 47.4 Å². The number of methoxy groups -OCH3 is 1. The van der Waals surface area contributed by atoms with Crippen LogP contribution < -0.4 is 5.32 Å². The number of carbonyl (C=O) groups is 1. The van der Waals surface area contributed by atoms with Crippen molar-refractivity contribution in [2.45, 2.75) is 25.8 Å². The second-order valence-corrected chi connectivity index (χ2v) is 7.45. The summed E-state index contributed by atoms with van der Waals surface area (Å²) in [5.41, 5.74) is 1.19. The lowest BCUT2D eigenvalue weighted by Crippen LogP contribution is -2.47. The average molecular weight is 395 g/mol. The zero-order chi connectivity index (χ0) is 19.8. The van der Waals surface area contributed by atoms with Gasteiger partial charge in [0.05, 0.1) is 25.6 Å². The number of halogens is 1. The number of esters is 1. The molecule has 1 N–H and O–H groups in total. The Bertz CT molecular complexity index is 625. The molecule has 0 radical (unpaired) electrons. The Balaban J connectivity index is 2.07. The first kappa shape index (κ1) is 21.5. The number of guanidine groups is 1. The highest BCUT2D eigenvalue weighted by Gasteiger charge is 2.27. The number of likely N-dealkylation sites (N-methyl/N-ethyl adjacent to an activating group) is 1. The minimum atomic E-state index is -0.105. The van der Waals surface area contributed by atoms with E-state index in [0.717, 1.165) is 43.5 Å². The van der Waals surface area contributed by atoms with Crippen LogP contribution in [0, 0.1) is 5.92 Å². The van der Waals surface area contributed by atoms with Crippen LogP contribution in [-0.4, -0.2) is 69.1 Å². The molecular weight excluding hydrogens is 364 g/mol. The van der Waals surface area contributed by atoms with Crippen molar-refractivity contribution in [3.8, 4) is 0 Å². The Morgan fingerprint density at radius 2 is 1.96 bits per heavy atom. The van der Waals surface area contributed by atoms with E-state index in [0.29, 0.717) is 6.54 Å². The van der Waals surface area contributed by atoms with Gasteiger partial charge in [0.1, 0.15) is 0 Å². The number of nitrogens with one attached hydrogen (secondary N) is 1. The summed E-state index contributed by atoms with van der Waals surface area (Å²) in [6.07, 6.45) is 1.59. The largest absolute Gasteiger partial charge is 0.469 e. The van der Waals surface area contributed by atoms with Crippen LogP contribution in [0.25, 0.3) is 0 Å². The molecule has 0 bridgehead atoms. The van der Waals surface area contributed by atoms with Crippen LogP contribution in [0.1, 0.15) is 31.4 Å². The molecule has 1 aliphatic rings. The molecular formula is C20H31ClN4O2. The Labute approximate surface area is 167 Å². The molecule has 27 heavy (non-hydrogen) atoms. The Morgan fingerprint density at radius 1 is 1.33 bits per heavy atom. The van der Waals surface area contributed by atoms with E-state index in [1.54, 1.807) is 0 Å². The molecule has 1 unspecified atom stereocenters. The molecule has 1 aliphatic heterocycles. The van der Waals surface area contributed by atoms with Gasteiger partial charge in [0.2, 0.25) is 0 Å². The first-order valence-corrected chi connectivity index (χ1v) is 9.87. The van der Waals surface area contributed by atoms with Gasteiger partial charge in [-0.05, 0) is 51.6 Å². The summed E-state index contributed by atoms with van der Waals surface area (Å²) < 4.78 is 4.88. The van der Waals surface area contributed by atoms with Gasteiger partial charge < -0.3 is 19.9 Å². The van der Waals surface area contributed by atoms with Crippen LogP contribution in [0.2, 0.25) is 5.02 Å². The zero-order valence-corrected chi connectivity index (χ0v) is 17.5. The fraction of sp³-hybridized carbons (Fsp3) is 0.600. The summed E-state index contributed by atoms with van der Waals surface area (Å²) in [7, 11) is 5.57. The summed E-state index contributed by atoms with van der Waals surface area (Å²) in [6.45, 7) is 5.13. The molecule has 150 valence electrons. The van der Waals surface area contributed by atoms with Gasteiger partial charge in [-0.1, -0.05) is 23.7 Å². The number of ether oxygens (including phenoxy) is 1. The number of carbonyl (C=O) groups excluding carboxylic acids is 1. The summed E-state index contributed by atoms with van der Waals surface area (Å²) in [5.74, 6) is 0.798. The molecule has 1 saturated heterocycles. The van der Waals surface area contributed by atoms with E-state index in [2.05, 4.69) is 48.3 Å². The molecule has 0 aromatic heterocycles. The molecule has 6 nitrogen and oxygen atoms in total. The number of aliphatic imine (C=N–C) groups is 1. The Hall–Kier alpha value is -1.79. The molecule has 2 rings (SSSR count). The first-order valence-electron chi connectivity index (χ1n) is 9.49.